The molecule has 0 fully saturated rings. The van der Waals surface area contributed by atoms with Gasteiger partial charge in [-0.3, -0.25) is 10.1 Å². The van der Waals surface area contributed by atoms with Crippen molar-refractivity contribution in [1.29, 1.82) is 0 Å². The van der Waals surface area contributed by atoms with Gasteiger partial charge in [-0.2, -0.15) is 0 Å². The zero-order valence-electron chi connectivity index (χ0n) is 17.0. The van der Waals surface area contributed by atoms with E-state index in [1.165, 1.54) is 23.9 Å². The molecule has 32 heavy (non-hydrogen) atoms. The molecule has 10 heteroatoms. The van der Waals surface area contributed by atoms with E-state index >= 15 is 0 Å². The number of benzene rings is 2. The molecule has 0 N–H and O–H groups in total. The van der Waals surface area contributed by atoms with E-state index < -0.39 is 16.9 Å². The van der Waals surface area contributed by atoms with Crippen LogP contribution in [0.1, 0.15) is 31.0 Å². The van der Waals surface area contributed by atoms with Gasteiger partial charge in [0.25, 0.3) is 5.69 Å². The van der Waals surface area contributed by atoms with Gasteiger partial charge in [0.1, 0.15) is 0 Å². The predicted molar refractivity (Wildman–Crippen MR) is 126 cm³/mol. The van der Waals surface area contributed by atoms with Crippen molar-refractivity contribution in [2.75, 3.05) is 6.61 Å². The Morgan fingerprint density at radius 1 is 1.25 bits per heavy atom. The van der Waals surface area contributed by atoms with Crippen molar-refractivity contribution in [3.05, 3.63) is 90.4 Å². The first-order valence-electron chi connectivity index (χ1n) is 9.64. The summed E-state index contributed by atoms with van der Waals surface area (Å²) in [6, 6.07) is 10.8. The van der Waals surface area contributed by atoms with Crippen LogP contribution in [0, 0.1) is 10.1 Å². The molecule has 2 aliphatic heterocycles. The lowest BCUT2D eigenvalue weighted by molar-refractivity contribution is -0.384. The van der Waals surface area contributed by atoms with Crippen LogP contribution in [-0.4, -0.2) is 27.6 Å². The molecule has 0 aliphatic carbocycles. The summed E-state index contributed by atoms with van der Waals surface area (Å²) in [6.07, 6.45) is 0. The fourth-order valence-corrected chi connectivity index (χ4v) is 5.03. The van der Waals surface area contributed by atoms with Gasteiger partial charge in [0.05, 0.1) is 44.6 Å². The molecule has 4 rings (SSSR count). The van der Waals surface area contributed by atoms with Crippen molar-refractivity contribution in [2.45, 2.75) is 19.9 Å². The fraction of sp³-hybridized carbons (Fsp3) is 0.182. The van der Waals surface area contributed by atoms with Crippen LogP contribution in [0.5, 0.6) is 0 Å². The Morgan fingerprint density at radius 2 is 1.97 bits per heavy atom. The first kappa shape index (κ1) is 22.4. The van der Waals surface area contributed by atoms with Crippen molar-refractivity contribution in [1.82, 2.24) is 4.90 Å². The zero-order valence-corrected chi connectivity index (χ0v) is 19.4. The van der Waals surface area contributed by atoms with Crippen molar-refractivity contribution >= 4 is 57.5 Å². The number of ether oxygens (including phenoxy) is 1. The van der Waals surface area contributed by atoms with E-state index in [2.05, 4.69) is 4.99 Å². The van der Waals surface area contributed by atoms with Gasteiger partial charge in [0, 0.05) is 17.5 Å². The van der Waals surface area contributed by atoms with Gasteiger partial charge in [-0.1, -0.05) is 47.1 Å². The molecule has 2 aromatic rings. The molecule has 0 saturated heterocycles. The Kier molecular flexibility index (Phi) is 6.28. The van der Waals surface area contributed by atoms with E-state index in [-0.39, 0.29) is 12.3 Å². The summed E-state index contributed by atoms with van der Waals surface area (Å²) in [6.45, 7) is 3.70. The van der Waals surface area contributed by atoms with Gasteiger partial charge < -0.3 is 9.64 Å². The standard InChI is InChI=1S/C22H17Cl2N3O4S/c1-3-31-21(28)18-12(2)25-22-26(20(18)15-5-4-6-16(23)19(15)24)17(11-32-22)13-7-9-14(10-8-13)27(29)30/h4-11,20H,3H2,1-2H3/t20-/m0/s1. The number of nitro groups is 1. The van der Waals surface area contributed by atoms with Crippen LogP contribution in [0.15, 0.2) is 64.1 Å². The first-order chi connectivity index (χ1) is 15.3. The maximum absolute atomic E-state index is 13.0. The summed E-state index contributed by atoms with van der Waals surface area (Å²) in [7, 11) is 0. The fourth-order valence-electron chi connectivity index (χ4n) is 3.64. The van der Waals surface area contributed by atoms with E-state index in [0.717, 1.165) is 11.3 Å². The van der Waals surface area contributed by atoms with Crippen LogP contribution >= 0.6 is 35.0 Å². The van der Waals surface area contributed by atoms with Gasteiger partial charge in [-0.25, -0.2) is 9.79 Å². The van der Waals surface area contributed by atoms with Crippen LogP contribution in [0.4, 0.5) is 5.69 Å². The molecular formula is C22H17Cl2N3O4S. The van der Waals surface area contributed by atoms with Gasteiger partial charge in [-0.05, 0) is 43.2 Å². The minimum Gasteiger partial charge on any atom is -0.463 e. The third-order valence-electron chi connectivity index (χ3n) is 5.07. The molecule has 0 amide bonds. The number of esters is 1. The molecule has 2 heterocycles. The second kappa shape index (κ2) is 8.97. The molecule has 0 saturated carbocycles. The Bertz CT molecular complexity index is 1210. The van der Waals surface area contributed by atoms with Crippen LogP contribution in [0.3, 0.4) is 0 Å². The second-order valence-corrected chi connectivity index (χ2v) is 8.58. The van der Waals surface area contributed by atoms with Gasteiger partial charge in [-0.15, -0.1) is 0 Å². The normalized spacial score (nSPS) is 17.6. The number of carbonyl (C=O) groups is 1. The quantitative estimate of drug-likeness (QED) is 0.282. The molecule has 0 aromatic heterocycles. The maximum atomic E-state index is 13.0. The van der Waals surface area contributed by atoms with Gasteiger partial charge in [0.15, 0.2) is 5.17 Å². The number of nitrogens with zero attached hydrogens (tertiary/aromatic N) is 3. The summed E-state index contributed by atoms with van der Waals surface area (Å²) < 4.78 is 5.34. The smallest absolute Gasteiger partial charge is 0.338 e. The Morgan fingerprint density at radius 3 is 2.62 bits per heavy atom. The summed E-state index contributed by atoms with van der Waals surface area (Å²) in [5.74, 6) is -0.492. The third kappa shape index (κ3) is 3.90. The Labute approximate surface area is 198 Å². The molecule has 7 nitrogen and oxygen atoms in total. The SMILES string of the molecule is CCOC(=O)C1=C(C)N=C2SC=C(c3ccc([N+](=O)[O-])cc3)N2[C@H]1c1cccc(Cl)c1Cl. The number of halogens is 2. The van der Waals surface area contributed by atoms with E-state index in [4.69, 9.17) is 27.9 Å². The van der Waals surface area contributed by atoms with Crippen LogP contribution in [0.2, 0.25) is 10.0 Å². The topological polar surface area (TPSA) is 85.0 Å². The first-order valence-corrected chi connectivity index (χ1v) is 11.3. The zero-order chi connectivity index (χ0) is 23.0. The Hall–Kier alpha value is -2.81. The van der Waals surface area contributed by atoms with Crippen molar-refractivity contribution < 1.29 is 14.5 Å². The predicted octanol–water partition coefficient (Wildman–Crippen LogP) is 6.20. The molecule has 1 atom stereocenters. The summed E-state index contributed by atoms with van der Waals surface area (Å²) in [5, 5.41) is 14.3. The molecule has 0 bridgehead atoms. The maximum Gasteiger partial charge on any atom is 0.338 e. The van der Waals surface area contributed by atoms with E-state index in [0.29, 0.717) is 32.0 Å². The lowest BCUT2D eigenvalue weighted by atomic mass is 9.93. The highest BCUT2D eigenvalue weighted by atomic mass is 35.5. The highest BCUT2D eigenvalue weighted by Crippen LogP contribution is 2.49. The third-order valence-corrected chi connectivity index (χ3v) is 6.75. The van der Waals surface area contributed by atoms with Crippen molar-refractivity contribution in [3.63, 3.8) is 0 Å². The molecular weight excluding hydrogens is 473 g/mol. The van der Waals surface area contributed by atoms with Crippen LogP contribution in [-0.2, 0) is 9.53 Å². The highest BCUT2D eigenvalue weighted by molar-refractivity contribution is 8.16. The molecule has 2 aromatic carbocycles. The van der Waals surface area contributed by atoms with E-state index in [9.17, 15) is 14.9 Å². The number of amidine groups is 1. The number of allylic oxidation sites excluding steroid dienone is 1. The number of aliphatic imine (C=N–C) groups is 1. The van der Waals surface area contributed by atoms with Crippen molar-refractivity contribution in [3.8, 4) is 0 Å². The largest absolute Gasteiger partial charge is 0.463 e. The second-order valence-electron chi connectivity index (χ2n) is 6.95. The van der Waals surface area contributed by atoms with E-state index in [1.54, 1.807) is 38.1 Å². The minimum atomic E-state index is -0.635. The number of hydrogen-bond donors (Lipinski definition) is 0. The van der Waals surface area contributed by atoms with Crippen LogP contribution < -0.4 is 0 Å². The average Bonchev–Trinajstić information content (AvgIpc) is 3.18. The number of fused-ring (bicyclic) bond motifs is 1. The number of nitro benzene ring substituents is 1. The van der Waals surface area contributed by atoms with E-state index in [1.807, 2.05) is 16.4 Å². The average molecular weight is 490 g/mol. The molecule has 0 radical (unpaired) electrons. The number of hydrogen-bond acceptors (Lipinski definition) is 7. The van der Waals surface area contributed by atoms with Crippen molar-refractivity contribution in [2.24, 2.45) is 4.99 Å². The lowest BCUT2D eigenvalue weighted by Crippen LogP contribution is -2.36. The van der Waals surface area contributed by atoms with Crippen LogP contribution in [0.25, 0.3) is 5.70 Å². The molecule has 164 valence electrons. The van der Waals surface area contributed by atoms with Gasteiger partial charge >= 0.3 is 5.97 Å². The lowest BCUT2D eigenvalue weighted by Gasteiger charge is -2.36. The summed E-state index contributed by atoms with van der Waals surface area (Å²) in [5.41, 5.74) is 2.98. The molecule has 0 unspecified atom stereocenters. The number of non-ortho nitro benzene ring substituents is 1. The number of rotatable bonds is 5. The monoisotopic (exact) mass is 489 g/mol. The highest BCUT2D eigenvalue weighted by Gasteiger charge is 2.42. The summed E-state index contributed by atoms with van der Waals surface area (Å²) in [4.78, 5) is 30.1. The summed E-state index contributed by atoms with van der Waals surface area (Å²) >= 11 is 14.3. The molecule has 2 aliphatic rings. The van der Waals surface area contributed by atoms with Gasteiger partial charge in [0.2, 0.25) is 0 Å². The number of thioether (sulfide) groups is 1. The molecule has 0 spiro atoms. The number of carbonyl (C=O) groups excluding carboxylic acids is 1. The Balaban J connectivity index is 1.87. The minimum absolute atomic E-state index is 0.00933.